The molecule has 0 bridgehead atoms. The molecule has 0 aliphatic carbocycles. The van der Waals surface area contributed by atoms with Crippen LogP contribution in [0.25, 0.3) is 5.65 Å². The van der Waals surface area contributed by atoms with Gasteiger partial charge in [-0.3, -0.25) is 4.79 Å². The molecule has 0 saturated carbocycles. The molecule has 0 spiro atoms. The zero-order valence-electron chi connectivity index (χ0n) is 13.5. The Hall–Kier alpha value is -1.80. The maximum atomic E-state index is 12.8. The second-order valence-corrected chi connectivity index (χ2v) is 7.36. The molecule has 0 saturated heterocycles. The summed E-state index contributed by atoms with van der Waals surface area (Å²) in [5, 5.41) is 7.59. The minimum atomic E-state index is -0.0650. The zero-order valence-corrected chi connectivity index (χ0v) is 15.9. The van der Waals surface area contributed by atoms with Gasteiger partial charge in [0.05, 0.1) is 9.46 Å². The van der Waals surface area contributed by atoms with Crippen molar-refractivity contribution in [2.45, 2.75) is 26.7 Å². The van der Waals surface area contributed by atoms with Crippen molar-refractivity contribution in [3.63, 3.8) is 0 Å². The number of aromatic nitrogens is 3. The zero-order chi connectivity index (χ0) is 17.3. The number of rotatable bonds is 2. The number of nitrogens with zero attached hydrogens (tertiary/aromatic N) is 4. The normalized spacial score (nSPS) is 15.5. The van der Waals surface area contributed by atoms with Crippen LogP contribution in [0.3, 0.4) is 0 Å². The molecule has 2 aromatic heterocycles. The van der Waals surface area contributed by atoms with Crippen molar-refractivity contribution in [2.24, 2.45) is 0 Å². The summed E-state index contributed by atoms with van der Waals surface area (Å²) in [7, 11) is 0. The number of hydrogen-bond acceptors (Lipinski definition) is 4. The van der Waals surface area contributed by atoms with E-state index in [2.05, 4.69) is 38.3 Å². The number of carbonyl (C=O) groups excluding carboxylic acids is 1. The predicted octanol–water partition coefficient (Wildman–Crippen LogP) is 2.94. The fourth-order valence-corrected chi connectivity index (χ4v) is 3.15. The van der Waals surface area contributed by atoms with Crippen LogP contribution in [0, 0.1) is 0 Å². The summed E-state index contributed by atoms with van der Waals surface area (Å²) in [6.07, 6.45) is 5.07. The Balaban J connectivity index is 1.77. The average Bonchev–Trinajstić information content (AvgIpc) is 2.86. The molecule has 1 aliphatic rings. The van der Waals surface area contributed by atoms with Gasteiger partial charge in [0.15, 0.2) is 11.3 Å². The summed E-state index contributed by atoms with van der Waals surface area (Å²) >= 11 is 8.49. The van der Waals surface area contributed by atoms with Crippen LogP contribution in [0.2, 0.25) is 0 Å². The molecule has 2 aromatic rings. The topological polar surface area (TPSA) is 62.5 Å². The third-order valence-corrected chi connectivity index (χ3v) is 4.53. The van der Waals surface area contributed by atoms with E-state index in [-0.39, 0.29) is 5.91 Å². The lowest BCUT2D eigenvalue weighted by Gasteiger charge is -2.19. The molecule has 24 heavy (non-hydrogen) atoms. The minimum absolute atomic E-state index is 0.0650. The summed E-state index contributed by atoms with van der Waals surface area (Å²) in [5.41, 5.74) is 3.44. The Morgan fingerprint density at radius 1 is 1.38 bits per heavy atom. The molecule has 6 nitrogen and oxygen atoms in total. The first-order valence-corrected chi connectivity index (χ1v) is 8.90. The molecule has 0 fully saturated rings. The van der Waals surface area contributed by atoms with Gasteiger partial charge in [-0.05, 0) is 36.2 Å². The van der Waals surface area contributed by atoms with E-state index in [4.69, 9.17) is 12.2 Å². The molecule has 1 amide bonds. The summed E-state index contributed by atoms with van der Waals surface area (Å²) in [4.78, 5) is 19.6. The number of nitrogens with one attached hydrogen (secondary N) is 1. The number of carbonyl (C=O) groups is 1. The Labute approximate surface area is 154 Å². The molecule has 3 rings (SSSR count). The lowest BCUT2D eigenvalue weighted by atomic mass is 10.1. The summed E-state index contributed by atoms with van der Waals surface area (Å²) in [5.74, 6) is -0.0650. The van der Waals surface area contributed by atoms with Crippen molar-refractivity contribution < 1.29 is 4.79 Å². The lowest BCUT2D eigenvalue weighted by Crippen LogP contribution is -2.33. The van der Waals surface area contributed by atoms with E-state index < -0.39 is 0 Å². The van der Waals surface area contributed by atoms with Crippen LogP contribution in [-0.4, -0.2) is 43.5 Å². The van der Waals surface area contributed by atoms with Gasteiger partial charge >= 0.3 is 0 Å². The summed E-state index contributed by atoms with van der Waals surface area (Å²) in [6.45, 7) is 5.27. The molecule has 1 aliphatic heterocycles. The standard InChI is InChI=1S/C16H18BrN5OS/c1-10-3-5-21(6-4-13(10)19-11(2)24)16(23)14-7-15-18-8-12(17)9-22(15)20-14/h7-9H,3-6H2,1-2H3,(H,19,24). The van der Waals surface area contributed by atoms with Gasteiger partial charge in [0.2, 0.25) is 0 Å². The van der Waals surface area contributed by atoms with E-state index in [1.165, 1.54) is 5.57 Å². The highest BCUT2D eigenvalue weighted by atomic mass is 79.9. The Morgan fingerprint density at radius 2 is 2.12 bits per heavy atom. The second kappa shape index (κ2) is 6.98. The highest BCUT2D eigenvalue weighted by Gasteiger charge is 2.22. The summed E-state index contributed by atoms with van der Waals surface area (Å²) in [6, 6.07) is 1.72. The number of thiocarbonyl (C=S) groups is 1. The fraction of sp³-hybridized carbons (Fsp3) is 0.375. The molecule has 0 radical (unpaired) electrons. The van der Waals surface area contributed by atoms with Gasteiger partial charge in [0, 0.05) is 43.7 Å². The van der Waals surface area contributed by atoms with E-state index >= 15 is 0 Å². The molecular weight excluding hydrogens is 390 g/mol. The molecule has 0 atom stereocenters. The van der Waals surface area contributed by atoms with Crippen LogP contribution < -0.4 is 5.32 Å². The van der Waals surface area contributed by atoms with Crippen molar-refractivity contribution in [1.82, 2.24) is 24.8 Å². The van der Waals surface area contributed by atoms with Crippen molar-refractivity contribution in [1.29, 1.82) is 0 Å². The molecule has 3 heterocycles. The SMILES string of the molecule is CC(=S)NC1=C(C)CCN(C(=O)c2cc3ncc(Br)cn3n2)CC1. The van der Waals surface area contributed by atoms with E-state index in [1.54, 1.807) is 23.0 Å². The van der Waals surface area contributed by atoms with E-state index in [0.29, 0.717) is 24.4 Å². The molecule has 8 heteroatoms. The van der Waals surface area contributed by atoms with Gasteiger partial charge in [0.1, 0.15) is 0 Å². The van der Waals surface area contributed by atoms with Crippen LogP contribution >= 0.6 is 28.1 Å². The quantitative estimate of drug-likeness (QED) is 0.775. The molecule has 0 unspecified atom stereocenters. The van der Waals surface area contributed by atoms with Crippen LogP contribution in [0.1, 0.15) is 37.2 Å². The summed E-state index contributed by atoms with van der Waals surface area (Å²) < 4.78 is 2.43. The smallest absolute Gasteiger partial charge is 0.274 e. The minimum Gasteiger partial charge on any atom is -0.354 e. The number of hydrogen-bond donors (Lipinski definition) is 1. The number of amides is 1. The van der Waals surface area contributed by atoms with E-state index in [1.807, 2.05) is 11.8 Å². The van der Waals surface area contributed by atoms with Crippen LogP contribution in [0.5, 0.6) is 0 Å². The highest BCUT2D eigenvalue weighted by molar-refractivity contribution is 9.10. The Kier molecular flexibility index (Phi) is 4.96. The maximum Gasteiger partial charge on any atom is 0.274 e. The van der Waals surface area contributed by atoms with Crippen LogP contribution in [-0.2, 0) is 0 Å². The van der Waals surface area contributed by atoms with E-state index in [9.17, 15) is 4.79 Å². The third kappa shape index (κ3) is 3.64. The molecule has 126 valence electrons. The first-order valence-electron chi connectivity index (χ1n) is 7.70. The van der Waals surface area contributed by atoms with Crippen molar-refractivity contribution >= 4 is 44.7 Å². The first-order chi connectivity index (χ1) is 11.4. The second-order valence-electron chi connectivity index (χ2n) is 5.84. The van der Waals surface area contributed by atoms with Gasteiger partial charge in [-0.1, -0.05) is 17.8 Å². The van der Waals surface area contributed by atoms with Gasteiger partial charge < -0.3 is 10.2 Å². The van der Waals surface area contributed by atoms with Gasteiger partial charge in [-0.15, -0.1) is 0 Å². The Bertz CT molecular complexity index is 844. The Morgan fingerprint density at radius 3 is 2.88 bits per heavy atom. The van der Waals surface area contributed by atoms with Crippen LogP contribution in [0.4, 0.5) is 0 Å². The monoisotopic (exact) mass is 407 g/mol. The van der Waals surface area contributed by atoms with Crippen molar-refractivity contribution in [3.8, 4) is 0 Å². The van der Waals surface area contributed by atoms with Gasteiger partial charge in [-0.2, -0.15) is 5.10 Å². The van der Waals surface area contributed by atoms with Gasteiger partial charge in [0.25, 0.3) is 5.91 Å². The predicted molar refractivity (Wildman–Crippen MR) is 99.9 cm³/mol. The first kappa shape index (κ1) is 17.0. The third-order valence-electron chi connectivity index (χ3n) is 4.02. The maximum absolute atomic E-state index is 12.8. The lowest BCUT2D eigenvalue weighted by molar-refractivity contribution is 0.0756. The average molecular weight is 408 g/mol. The van der Waals surface area contributed by atoms with Gasteiger partial charge in [-0.25, -0.2) is 9.50 Å². The van der Waals surface area contributed by atoms with Crippen molar-refractivity contribution in [2.75, 3.05) is 13.1 Å². The molecule has 1 N–H and O–H groups in total. The van der Waals surface area contributed by atoms with Crippen LogP contribution in [0.15, 0.2) is 34.2 Å². The number of halogens is 1. The van der Waals surface area contributed by atoms with Crippen molar-refractivity contribution in [3.05, 3.63) is 39.9 Å². The fourth-order valence-electron chi connectivity index (χ4n) is 2.73. The van der Waals surface area contributed by atoms with E-state index in [0.717, 1.165) is 28.0 Å². The highest BCUT2D eigenvalue weighted by Crippen LogP contribution is 2.18. The number of fused-ring (bicyclic) bond motifs is 1. The largest absolute Gasteiger partial charge is 0.354 e. The molecule has 0 aromatic carbocycles. The molecular formula is C16H18BrN5OS.